The van der Waals surface area contributed by atoms with Crippen molar-refractivity contribution in [1.82, 2.24) is 9.55 Å². The van der Waals surface area contributed by atoms with E-state index < -0.39 is 22.8 Å². The lowest BCUT2D eigenvalue weighted by Crippen LogP contribution is -2.38. The number of benzene rings is 2. The van der Waals surface area contributed by atoms with E-state index in [2.05, 4.69) is 26.2 Å². The molecule has 122 valence electrons. The van der Waals surface area contributed by atoms with Crippen molar-refractivity contribution in [3.05, 3.63) is 73.5 Å². The Morgan fingerprint density at radius 2 is 1.88 bits per heavy atom. The van der Waals surface area contributed by atoms with Crippen LogP contribution in [0.2, 0.25) is 0 Å². The third-order valence-electron chi connectivity index (χ3n) is 3.37. The summed E-state index contributed by atoms with van der Waals surface area (Å²) in [5, 5.41) is 2.63. The molecule has 0 atom stereocenters. The third-order valence-corrected chi connectivity index (χ3v) is 3.90. The number of nitrogens with one attached hydrogen (secondary N) is 2. The van der Waals surface area contributed by atoms with Gasteiger partial charge in [-0.3, -0.25) is 19.0 Å². The second kappa shape index (κ2) is 6.40. The highest BCUT2D eigenvalue weighted by Gasteiger charge is 2.12. The summed E-state index contributed by atoms with van der Waals surface area (Å²) >= 11 is 3.29. The number of amides is 1. The normalized spacial score (nSPS) is 10.8. The van der Waals surface area contributed by atoms with Crippen LogP contribution in [0, 0.1) is 5.82 Å². The number of anilines is 1. The van der Waals surface area contributed by atoms with Crippen molar-refractivity contribution in [3.63, 3.8) is 0 Å². The van der Waals surface area contributed by atoms with Crippen LogP contribution in [0.1, 0.15) is 0 Å². The highest BCUT2D eigenvalue weighted by Crippen LogP contribution is 2.14. The quantitative estimate of drug-likeness (QED) is 0.671. The highest BCUT2D eigenvalue weighted by atomic mass is 79.9. The predicted molar refractivity (Wildman–Crippen MR) is 91.6 cm³/mol. The first-order valence-corrected chi connectivity index (χ1v) is 7.71. The summed E-state index contributed by atoms with van der Waals surface area (Å²) in [4.78, 5) is 38.2. The minimum atomic E-state index is -0.912. The number of carbonyl (C=O) groups excluding carboxylic acids is 1. The predicted octanol–water partition coefficient (Wildman–Crippen LogP) is 2.23. The van der Waals surface area contributed by atoms with E-state index in [9.17, 15) is 18.8 Å². The first kappa shape index (κ1) is 16.1. The zero-order chi connectivity index (χ0) is 17.3. The van der Waals surface area contributed by atoms with Gasteiger partial charge >= 0.3 is 11.1 Å². The second-order valence-electron chi connectivity index (χ2n) is 5.06. The van der Waals surface area contributed by atoms with Crippen LogP contribution in [0.5, 0.6) is 0 Å². The molecule has 0 saturated heterocycles. The molecule has 0 saturated carbocycles. The number of halogens is 2. The van der Waals surface area contributed by atoms with Gasteiger partial charge < -0.3 is 10.3 Å². The maximum Gasteiger partial charge on any atom is 0.317 e. The monoisotopic (exact) mass is 391 g/mol. The first-order chi connectivity index (χ1) is 11.4. The lowest BCUT2D eigenvalue weighted by molar-refractivity contribution is -0.116. The fourth-order valence-electron chi connectivity index (χ4n) is 2.29. The van der Waals surface area contributed by atoms with E-state index >= 15 is 0 Å². The number of fused-ring (bicyclic) bond motifs is 1. The van der Waals surface area contributed by atoms with Gasteiger partial charge in [0.25, 0.3) is 0 Å². The molecule has 1 heterocycles. The van der Waals surface area contributed by atoms with E-state index in [1.54, 1.807) is 24.3 Å². The van der Waals surface area contributed by atoms with Crippen molar-refractivity contribution in [2.45, 2.75) is 6.54 Å². The van der Waals surface area contributed by atoms with Crippen LogP contribution in [0.15, 0.2) is 56.5 Å². The summed E-state index contributed by atoms with van der Waals surface area (Å²) in [6, 6.07) is 10.5. The molecule has 2 aromatic carbocycles. The summed E-state index contributed by atoms with van der Waals surface area (Å²) in [5.74, 6) is -1.03. The summed E-state index contributed by atoms with van der Waals surface area (Å²) in [6.07, 6.45) is 0. The molecule has 0 fully saturated rings. The van der Waals surface area contributed by atoms with Crippen LogP contribution in [0.3, 0.4) is 0 Å². The zero-order valence-corrected chi connectivity index (χ0v) is 13.8. The van der Waals surface area contributed by atoms with Crippen molar-refractivity contribution in [3.8, 4) is 0 Å². The Bertz CT molecular complexity index is 1040. The average molecular weight is 392 g/mol. The molecule has 3 rings (SSSR count). The Hall–Kier alpha value is -2.74. The first-order valence-electron chi connectivity index (χ1n) is 6.92. The average Bonchev–Trinajstić information content (AvgIpc) is 2.54. The largest absolute Gasteiger partial charge is 0.325 e. The second-order valence-corrected chi connectivity index (χ2v) is 5.98. The van der Waals surface area contributed by atoms with Gasteiger partial charge in [-0.2, -0.15) is 0 Å². The van der Waals surface area contributed by atoms with Crippen molar-refractivity contribution >= 4 is 38.6 Å². The van der Waals surface area contributed by atoms with E-state index in [0.717, 1.165) is 21.2 Å². The summed E-state index contributed by atoms with van der Waals surface area (Å²) in [7, 11) is 0. The molecule has 0 aliphatic rings. The molecular weight excluding hydrogens is 381 g/mol. The van der Waals surface area contributed by atoms with Gasteiger partial charge in [0, 0.05) is 10.2 Å². The minimum Gasteiger partial charge on any atom is -0.325 e. The molecule has 6 nitrogen and oxygen atoms in total. The van der Waals surface area contributed by atoms with Gasteiger partial charge in [-0.05, 0) is 42.5 Å². The van der Waals surface area contributed by atoms with Crippen LogP contribution < -0.4 is 16.4 Å². The number of hydrogen-bond acceptors (Lipinski definition) is 3. The number of aromatic amines is 1. The molecule has 0 aliphatic heterocycles. The Balaban J connectivity index is 1.95. The summed E-state index contributed by atoms with van der Waals surface area (Å²) in [6.45, 7) is -0.360. The number of nitrogens with zero attached hydrogens (tertiary/aromatic N) is 1. The Labute approximate surface area is 143 Å². The lowest BCUT2D eigenvalue weighted by Gasteiger charge is -2.10. The van der Waals surface area contributed by atoms with Crippen LogP contribution in [0.4, 0.5) is 10.1 Å². The molecule has 1 aromatic heterocycles. The molecule has 1 amide bonds. The van der Waals surface area contributed by atoms with Gasteiger partial charge in [0.1, 0.15) is 12.4 Å². The van der Waals surface area contributed by atoms with Gasteiger partial charge in [0.2, 0.25) is 5.91 Å². The van der Waals surface area contributed by atoms with E-state index in [1.165, 1.54) is 6.07 Å². The summed E-state index contributed by atoms with van der Waals surface area (Å²) < 4.78 is 15.2. The SMILES string of the molecule is O=C(Cn1c(=O)c(=O)[nH]c2cc(F)ccc21)Nc1ccc(Br)cc1. The van der Waals surface area contributed by atoms with E-state index in [-0.39, 0.29) is 17.6 Å². The number of carbonyl (C=O) groups is 1. The molecule has 3 aromatic rings. The number of H-pyrrole nitrogens is 1. The number of aromatic nitrogens is 2. The van der Waals surface area contributed by atoms with Gasteiger partial charge in [-0.15, -0.1) is 0 Å². The molecule has 0 aliphatic carbocycles. The molecular formula is C16H11BrFN3O3. The Morgan fingerprint density at radius 1 is 1.17 bits per heavy atom. The molecule has 0 spiro atoms. The minimum absolute atomic E-state index is 0.149. The topological polar surface area (TPSA) is 84.0 Å². The van der Waals surface area contributed by atoms with Crippen molar-refractivity contribution < 1.29 is 9.18 Å². The molecule has 2 N–H and O–H groups in total. The molecule has 8 heteroatoms. The standard InChI is InChI=1S/C16H11BrFN3O3/c17-9-1-4-11(5-2-9)19-14(22)8-21-13-6-3-10(18)7-12(13)20-15(23)16(21)24/h1-7H,8H2,(H,19,22)(H,20,23). The third kappa shape index (κ3) is 3.28. The smallest absolute Gasteiger partial charge is 0.317 e. The Morgan fingerprint density at radius 3 is 2.58 bits per heavy atom. The molecule has 0 bridgehead atoms. The highest BCUT2D eigenvalue weighted by molar-refractivity contribution is 9.10. The van der Waals surface area contributed by atoms with Gasteiger partial charge in [-0.1, -0.05) is 15.9 Å². The molecule has 24 heavy (non-hydrogen) atoms. The van der Waals surface area contributed by atoms with Crippen LogP contribution >= 0.6 is 15.9 Å². The van der Waals surface area contributed by atoms with Crippen LogP contribution in [-0.4, -0.2) is 15.5 Å². The lowest BCUT2D eigenvalue weighted by atomic mass is 10.2. The maximum atomic E-state index is 13.3. The zero-order valence-electron chi connectivity index (χ0n) is 12.2. The van der Waals surface area contributed by atoms with E-state index in [1.807, 2.05) is 0 Å². The molecule has 0 unspecified atom stereocenters. The number of hydrogen-bond donors (Lipinski definition) is 2. The van der Waals surface area contributed by atoms with Crippen molar-refractivity contribution in [2.24, 2.45) is 0 Å². The number of rotatable bonds is 3. The van der Waals surface area contributed by atoms with Crippen LogP contribution in [0.25, 0.3) is 11.0 Å². The van der Waals surface area contributed by atoms with Gasteiger partial charge in [-0.25, -0.2) is 4.39 Å². The fraction of sp³-hybridized carbons (Fsp3) is 0.0625. The van der Waals surface area contributed by atoms with Crippen molar-refractivity contribution in [2.75, 3.05) is 5.32 Å². The van der Waals surface area contributed by atoms with E-state index in [4.69, 9.17) is 0 Å². The summed E-state index contributed by atoms with van der Waals surface area (Å²) in [5.41, 5.74) is -0.816. The van der Waals surface area contributed by atoms with Crippen molar-refractivity contribution in [1.29, 1.82) is 0 Å². The maximum absolute atomic E-state index is 13.3. The molecule has 0 radical (unpaired) electrons. The Kier molecular flexibility index (Phi) is 4.30. The van der Waals surface area contributed by atoms with Gasteiger partial charge in [0.05, 0.1) is 11.0 Å². The van der Waals surface area contributed by atoms with Crippen LogP contribution in [-0.2, 0) is 11.3 Å². The van der Waals surface area contributed by atoms with Gasteiger partial charge in [0.15, 0.2) is 0 Å². The van der Waals surface area contributed by atoms with E-state index in [0.29, 0.717) is 5.69 Å². The fourth-order valence-corrected chi connectivity index (χ4v) is 2.55.